The first-order chi connectivity index (χ1) is 8.27. The van der Waals surface area contributed by atoms with E-state index >= 15 is 0 Å². The highest BCUT2D eigenvalue weighted by Gasteiger charge is 2.07. The van der Waals surface area contributed by atoms with Crippen LogP contribution in [-0.4, -0.2) is 16.6 Å². The first-order valence-electron chi connectivity index (χ1n) is 5.34. The predicted octanol–water partition coefficient (Wildman–Crippen LogP) is 2.88. The van der Waals surface area contributed by atoms with Crippen molar-refractivity contribution < 1.29 is 5.11 Å². The molecule has 0 amide bonds. The second-order valence-corrected chi connectivity index (χ2v) is 4.06. The molecule has 4 heteroatoms. The normalized spacial score (nSPS) is 12.1. The number of aromatic nitrogens is 1. The molecule has 0 radical (unpaired) electrons. The number of benzene rings is 1. The number of hydrogen-bond acceptors (Lipinski definition) is 3. The molecule has 1 heterocycles. The van der Waals surface area contributed by atoms with Gasteiger partial charge in [-0.15, -0.1) is 0 Å². The summed E-state index contributed by atoms with van der Waals surface area (Å²) >= 11 is 6.00. The molecular weight excluding hydrogens is 236 g/mol. The molecule has 0 aliphatic rings. The van der Waals surface area contributed by atoms with Crippen molar-refractivity contribution in [3.63, 3.8) is 0 Å². The summed E-state index contributed by atoms with van der Waals surface area (Å²) in [5, 5.41) is 13.7. The fourth-order valence-corrected chi connectivity index (χ4v) is 1.72. The Bertz CT molecular complexity index is 476. The summed E-state index contributed by atoms with van der Waals surface area (Å²) in [6.45, 7) is 0.410. The Morgan fingerprint density at radius 3 is 2.59 bits per heavy atom. The van der Waals surface area contributed by atoms with Gasteiger partial charge in [0.1, 0.15) is 0 Å². The number of para-hydroxylation sites is 1. The molecule has 0 saturated heterocycles. The fraction of sp³-hybridized carbons (Fsp3) is 0.154. The molecule has 1 atom stereocenters. The van der Waals surface area contributed by atoms with E-state index in [2.05, 4.69) is 10.3 Å². The summed E-state index contributed by atoms with van der Waals surface area (Å²) in [6.07, 6.45) is 2.75. The zero-order valence-electron chi connectivity index (χ0n) is 9.18. The van der Waals surface area contributed by atoms with Gasteiger partial charge in [-0.1, -0.05) is 23.7 Å². The quantitative estimate of drug-likeness (QED) is 0.875. The fourth-order valence-electron chi connectivity index (χ4n) is 1.51. The molecular formula is C13H13ClN2O. The van der Waals surface area contributed by atoms with E-state index in [0.717, 1.165) is 11.3 Å². The van der Waals surface area contributed by atoms with Gasteiger partial charge in [-0.2, -0.15) is 0 Å². The van der Waals surface area contributed by atoms with Crippen LogP contribution in [0.4, 0.5) is 5.69 Å². The number of pyridine rings is 1. The van der Waals surface area contributed by atoms with Crippen molar-refractivity contribution in [2.45, 2.75) is 6.10 Å². The van der Waals surface area contributed by atoms with E-state index in [1.165, 1.54) is 0 Å². The molecule has 1 unspecified atom stereocenters. The van der Waals surface area contributed by atoms with E-state index in [4.69, 9.17) is 11.6 Å². The third kappa shape index (κ3) is 3.19. The minimum absolute atomic E-state index is 0.410. The second-order valence-electron chi connectivity index (χ2n) is 3.66. The van der Waals surface area contributed by atoms with Gasteiger partial charge in [0.25, 0.3) is 0 Å². The number of rotatable bonds is 4. The Labute approximate surface area is 105 Å². The number of halogens is 1. The average molecular weight is 249 g/mol. The lowest BCUT2D eigenvalue weighted by Gasteiger charge is -2.13. The average Bonchev–Trinajstić information content (AvgIpc) is 2.38. The third-order valence-electron chi connectivity index (χ3n) is 2.45. The molecule has 0 spiro atoms. The molecule has 1 aromatic carbocycles. The highest BCUT2D eigenvalue weighted by atomic mass is 35.5. The third-order valence-corrected chi connectivity index (χ3v) is 2.78. The summed E-state index contributed by atoms with van der Waals surface area (Å²) in [4.78, 5) is 3.91. The summed E-state index contributed by atoms with van der Waals surface area (Å²) in [7, 11) is 0. The molecule has 0 saturated carbocycles. The van der Waals surface area contributed by atoms with Crippen LogP contribution < -0.4 is 5.32 Å². The summed E-state index contributed by atoms with van der Waals surface area (Å²) in [5.41, 5.74) is 1.65. The molecule has 2 N–H and O–H groups in total. The van der Waals surface area contributed by atoms with E-state index in [-0.39, 0.29) is 0 Å². The Kier molecular flexibility index (Phi) is 3.96. The minimum atomic E-state index is -0.575. The van der Waals surface area contributed by atoms with E-state index < -0.39 is 6.10 Å². The van der Waals surface area contributed by atoms with Crippen molar-refractivity contribution >= 4 is 17.3 Å². The molecule has 0 aliphatic carbocycles. The number of nitrogens with one attached hydrogen (secondary N) is 1. The van der Waals surface area contributed by atoms with Crippen molar-refractivity contribution in [3.8, 4) is 0 Å². The highest BCUT2D eigenvalue weighted by molar-refractivity contribution is 6.33. The number of nitrogens with zero attached hydrogens (tertiary/aromatic N) is 1. The summed E-state index contributed by atoms with van der Waals surface area (Å²) in [5.74, 6) is 0. The van der Waals surface area contributed by atoms with Crippen LogP contribution in [0.15, 0.2) is 48.8 Å². The van der Waals surface area contributed by atoms with Gasteiger partial charge in [0, 0.05) is 18.9 Å². The maximum Gasteiger partial charge on any atom is 0.0963 e. The molecule has 0 bridgehead atoms. The van der Waals surface area contributed by atoms with Crippen molar-refractivity contribution in [1.82, 2.24) is 4.98 Å². The lowest BCUT2D eigenvalue weighted by Crippen LogP contribution is -2.12. The Balaban J connectivity index is 1.97. The Morgan fingerprint density at radius 2 is 1.88 bits per heavy atom. The van der Waals surface area contributed by atoms with Crippen molar-refractivity contribution in [3.05, 3.63) is 59.4 Å². The standard InChI is InChI=1S/C13H13ClN2O/c14-11-3-1-2-4-12(11)16-9-13(17)10-5-7-15-8-6-10/h1-8,13,16-17H,9H2. The van der Waals surface area contributed by atoms with Crippen LogP contribution in [-0.2, 0) is 0 Å². The zero-order valence-corrected chi connectivity index (χ0v) is 9.93. The number of aliphatic hydroxyl groups is 1. The van der Waals surface area contributed by atoms with Gasteiger partial charge < -0.3 is 10.4 Å². The van der Waals surface area contributed by atoms with Crippen LogP contribution in [0.2, 0.25) is 5.02 Å². The number of anilines is 1. The van der Waals surface area contributed by atoms with Crippen LogP contribution in [0, 0.1) is 0 Å². The Hall–Kier alpha value is -1.58. The van der Waals surface area contributed by atoms with Gasteiger partial charge in [-0.3, -0.25) is 4.98 Å². The maximum absolute atomic E-state index is 9.94. The number of aliphatic hydroxyl groups excluding tert-OH is 1. The SMILES string of the molecule is OC(CNc1ccccc1Cl)c1ccncc1. The van der Waals surface area contributed by atoms with Crippen LogP contribution in [0.5, 0.6) is 0 Å². The van der Waals surface area contributed by atoms with Gasteiger partial charge in [0.2, 0.25) is 0 Å². The smallest absolute Gasteiger partial charge is 0.0963 e. The van der Waals surface area contributed by atoms with Gasteiger partial charge in [0.05, 0.1) is 16.8 Å². The van der Waals surface area contributed by atoms with Gasteiger partial charge in [0.15, 0.2) is 0 Å². The molecule has 2 aromatic rings. The predicted molar refractivity (Wildman–Crippen MR) is 69.1 cm³/mol. The van der Waals surface area contributed by atoms with E-state index in [0.29, 0.717) is 11.6 Å². The van der Waals surface area contributed by atoms with Gasteiger partial charge in [-0.05, 0) is 29.8 Å². The molecule has 2 rings (SSSR count). The van der Waals surface area contributed by atoms with Crippen LogP contribution in [0.3, 0.4) is 0 Å². The van der Waals surface area contributed by atoms with E-state index in [1.54, 1.807) is 24.5 Å². The topological polar surface area (TPSA) is 45.1 Å². The van der Waals surface area contributed by atoms with Gasteiger partial charge in [-0.25, -0.2) is 0 Å². The molecule has 0 fully saturated rings. The summed E-state index contributed by atoms with van der Waals surface area (Å²) < 4.78 is 0. The Morgan fingerprint density at radius 1 is 1.18 bits per heavy atom. The second kappa shape index (κ2) is 5.66. The highest BCUT2D eigenvalue weighted by Crippen LogP contribution is 2.21. The molecule has 0 aliphatic heterocycles. The van der Waals surface area contributed by atoms with Crippen LogP contribution in [0.1, 0.15) is 11.7 Å². The first-order valence-corrected chi connectivity index (χ1v) is 5.71. The lowest BCUT2D eigenvalue weighted by molar-refractivity contribution is 0.191. The van der Waals surface area contributed by atoms with Crippen molar-refractivity contribution in [1.29, 1.82) is 0 Å². The van der Waals surface area contributed by atoms with Gasteiger partial charge >= 0.3 is 0 Å². The lowest BCUT2D eigenvalue weighted by atomic mass is 10.1. The molecule has 88 valence electrons. The minimum Gasteiger partial charge on any atom is -0.387 e. The summed E-state index contributed by atoms with van der Waals surface area (Å²) in [6, 6.07) is 11.0. The van der Waals surface area contributed by atoms with Crippen LogP contribution >= 0.6 is 11.6 Å². The van der Waals surface area contributed by atoms with E-state index in [9.17, 15) is 5.11 Å². The van der Waals surface area contributed by atoms with Crippen LogP contribution in [0.25, 0.3) is 0 Å². The van der Waals surface area contributed by atoms with E-state index in [1.807, 2.05) is 24.3 Å². The van der Waals surface area contributed by atoms with Crippen molar-refractivity contribution in [2.75, 3.05) is 11.9 Å². The number of hydrogen-bond donors (Lipinski definition) is 2. The largest absolute Gasteiger partial charge is 0.387 e. The first kappa shape index (κ1) is 11.9. The molecule has 1 aromatic heterocycles. The molecule has 17 heavy (non-hydrogen) atoms. The zero-order chi connectivity index (χ0) is 12.1. The van der Waals surface area contributed by atoms with Crippen molar-refractivity contribution in [2.24, 2.45) is 0 Å². The maximum atomic E-state index is 9.94. The molecule has 3 nitrogen and oxygen atoms in total. The monoisotopic (exact) mass is 248 g/mol.